The maximum Gasteiger partial charge on any atom is 0.218 e. The molecule has 76 valence electrons. The first-order valence-corrected chi connectivity index (χ1v) is 4.35. The number of hydrogen-bond acceptors (Lipinski definition) is 4. The number of carbonyl (C=O) groups excluding carboxylic acids is 2. The Morgan fingerprint density at radius 3 is 2.46 bits per heavy atom. The van der Waals surface area contributed by atoms with Crippen LogP contribution in [0.15, 0.2) is 0 Å². The maximum atomic E-state index is 10.5. The Morgan fingerprint density at radius 2 is 2.00 bits per heavy atom. The van der Waals surface area contributed by atoms with Gasteiger partial charge in [-0.1, -0.05) is 0 Å². The quantitative estimate of drug-likeness (QED) is 0.463. The van der Waals surface area contributed by atoms with Crippen molar-refractivity contribution >= 4 is 12.2 Å². The van der Waals surface area contributed by atoms with E-state index in [1.54, 1.807) is 0 Å². The average Bonchev–Trinajstić information content (AvgIpc) is 2.09. The van der Waals surface area contributed by atoms with Crippen LogP contribution in [0.4, 0.5) is 0 Å². The first-order chi connectivity index (χ1) is 6.20. The first-order valence-electron chi connectivity index (χ1n) is 4.35. The Labute approximate surface area is 78.1 Å². The predicted octanol–water partition coefficient (Wildman–Crippen LogP) is -1.29. The molecule has 0 aliphatic rings. The number of amides is 1. The highest BCUT2D eigenvalue weighted by atomic mass is 16.1. The smallest absolute Gasteiger partial charge is 0.218 e. The number of hydrogen-bond donors (Lipinski definition) is 2. The lowest BCUT2D eigenvalue weighted by atomic mass is 10.3. The molecule has 5 nitrogen and oxygen atoms in total. The summed E-state index contributed by atoms with van der Waals surface area (Å²) in [6.45, 7) is 2.45. The van der Waals surface area contributed by atoms with Crippen LogP contribution in [0.2, 0.25) is 0 Å². The van der Waals surface area contributed by atoms with Crippen molar-refractivity contribution in [1.82, 2.24) is 4.90 Å². The molecule has 13 heavy (non-hydrogen) atoms. The van der Waals surface area contributed by atoms with Gasteiger partial charge in [-0.05, 0) is 0 Å². The molecule has 0 aromatic carbocycles. The summed E-state index contributed by atoms with van der Waals surface area (Å²) in [6, 6.07) is 0. The Hall–Kier alpha value is -0.940. The minimum Gasteiger partial charge on any atom is -0.370 e. The van der Waals surface area contributed by atoms with Gasteiger partial charge in [0.2, 0.25) is 5.91 Å². The van der Waals surface area contributed by atoms with Gasteiger partial charge >= 0.3 is 0 Å². The third-order valence-corrected chi connectivity index (χ3v) is 1.68. The summed E-state index contributed by atoms with van der Waals surface area (Å²) in [5, 5.41) is 0. The minimum absolute atomic E-state index is 0.318. The molecule has 0 saturated carbocycles. The summed E-state index contributed by atoms with van der Waals surface area (Å²) in [7, 11) is 0. The zero-order valence-electron chi connectivity index (χ0n) is 7.74. The second-order valence-electron chi connectivity index (χ2n) is 2.80. The van der Waals surface area contributed by atoms with E-state index in [9.17, 15) is 9.59 Å². The molecule has 0 aromatic rings. The molecule has 0 radical (unpaired) electrons. The van der Waals surface area contributed by atoms with E-state index in [2.05, 4.69) is 0 Å². The van der Waals surface area contributed by atoms with Gasteiger partial charge in [0.05, 0.1) is 0 Å². The van der Waals surface area contributed by atoms with Crippen molar-refractivity contribution < 1.29 is 9.59 Å². The molecule has 5 heteroatoms. The molecule has 0 bridgehead atoms. The van der Waals surface area contributed by atoms with Crippen LogP contribution in [0.1, 0.15) is 12.8 Å². The standard InChI is InChI=1S/C8H17N3O2/c9-3-6-11(4-1-7-12)5-2-8(10)13/h7H,1-6,9H2,(H2,10,13). The van der Waals surface area contributed by atoms with Crippen LogP contribution in [0.25, 0.3) is 0 Å². The van der Waals surface area contributed by atoms with E-state index in [0.717, 1.165) is 6.29 Å². The SMILES string of the molecule is NCCN(CCC=O)CCC(N)=O. The number of nitrogens with zero attached hydrogens (tertiary/aromatic N) is 1. The molecular formula is C8H17N3O2. The monoisotopic (exact) mass is 187 g/mol. The molecule has 1 amide bonds. The molecule has 0 spiro atoms. The Bertz CT molecular complexity index is 161. The normalized spacial score (nSPS) is 10.3. The molecule has 0 fully saturated rings. The van der Waals surface area contributed by atoms with Gasteiger partial charge in [-0.3, -0.25) is 4.79 Å². The van der Waals surface area contributed by atoms with Crippen molar-refractivity contribution in [2.24, 2.45) is 11.5 Å². The fourth-order valence-corrected chi connectivity index (χ4v) is 1.02. The highest BCUT2D eigenvalue weighted by molar-refractivity contribution is 5.73. The third kappa shape index (κ3) is 7.42. The minimum atomic E-state index is -0.326. The topological polar surface area (TPSA) is 89.4 Å². The van der Waals surface area contributed by atoms with Gasteiger partial charge in [-0.2, -0.15) is 0 Å². The fourth-order valence-electron chi connectivity index (χ4n) is 1.02. The Morgan fingerprint density at radius 1 is 1.31 bits per heavy atom. The second-order valence-corrected chi connectivity index (χ2v) is 2.80. The summed E-state index contributed by atoms with van der Waals surface area (Å²) >= 11 is 0. The van der Waals surface area contributed by atoms with Crippen LogP contribution in [-0.2, 0) is 9.59 Å². The molecule has 0 aliphatic heterocycles. The Balaban J connectivity index is 3.65. The van der Waals surface area contributed by atoms with Crippen molar-refractivity contribution in [3.63, 3.8) is 0 Å². The number of nitrogens with two attached hydrogens (primary N) is 2. The van der Waals surface area contributed by atoms with Crippen LogP contribution in [0.3, 0.4) is 0 Å². The lowest BCUT2D eigenvalue weighted by Gasteiger charge is -2.19. The molecule has 0 aliphatic carbocycles. The molecule has 0 atom stereocenters. The van der Waals surface area contributed by atoms with Gasteiger partial charge in [0.25, 0.3) is 0 Å². The van der Waals surface area contributed by atoms with E-state index in [0.29, 0.717) is 39.0 Å². The van der Waals surface area contributed by atoms with Crippen molar-refractivity contribution in [3.05, 3.63) is 0 Å². The second kappa shape index (κ2) is 7.70. The first kappa shape index (κ1) is 12.1. The highest BCUT2D eigenvalue weighted by Gasteiger charge is 2.04. The third-order valence-electron chi connectivity index (χ3n) is 1.68. The van der Waals surface area contributed by atoms with Crippen molar-refractivity contribution in [2.75, 3.05) is 26.2 Å². The van der Waals surface area contributed by atoms with E-state index in [1.165, 1.54) is 0 Å². The molecule has 0 aromatic heterocycles. The number of carbonyl (C=O) groups is 2. The van der Waals surface area contributed by atoms with E-state index >= 15 is 0 Å². The number of aldehydes is 1. The predicted molar refractivity (Wildman–Crippen MR) is 50.0 cm³/mol. The van der Waals surface area contributed by atoms with Crippen LogP contribution in [-0.4, -0.2) is 43.3 Å². The molecule has 0 rings (SSSR count). The summed E-state index contributed by atoms with van der Waals surface area (Å²) in [5.41, 5.74) is 10.4. The number of rotatable bonds is 8. The number of primary amides is 1. The van der Waals surface area contributed by atoms with Gasteiger partial charge in [-0.25, -0.2) is 0 Å². The molecule has 0 unspecified atom stereocenters. The summed E-state index contributed by atoms with van der Waals surface area (Å²) < 4.78 is 0. The van der Waals surface area contributed by atoms with Crippen LogP contribution in [0.5, 0.6) is 0 Å². The molecular weight excluding hydrogens is 170 g/mol. The van der Waals surface area contributed by atoms with Crippen molar-refractivity contribution in [3.8, 4) is 0 Å². The van der Waals surface area contributed by atoms with E-state index in [1.807, 2.05) is 4.90 Å². The average molecular weight is 187 g/mol. The molecule has 4 N–H and O–H groups in total. The lowest BCUT2D eigenvalue weighted by molar-refractivity contribution is -0.118. The Kier molecular flexibility index (Phi) is 7.14. The maximum absolute atomic E-state index is 10.5. The van der Waals surface area contributed by atoms with Gasteiger partial charge in [0.1, 0.15) is 6.29 Å². The zero-order chi connectivity index (χ0) is 10.1. The van der Waals surface area contributed by atoms with Crippen molar-refractivity contribution in [1.29, 1.82) is 0 Å². The fraction of sp³-hybridized carbons (Fsp3) is 0.750. The van der Waals surface area contributed by atoms with Crippen LogP contribution >= 0.6 is 0 Å². The largest absolute Gasteiger partial charge is 0.370 e. The van der Waals surface area contributed by atoms with Crippen LogP contribution < -0.4 is 11.5 Å². The van der Waals surface area contributed by atoms with Gasteiger partial charge < -0.3 is 21.2 Å². The van der Waals surface area contributed by atoms with Gasteiger partial charge in [0, 0.05) is 39.0 Å². The summed E-state index contributed by atoms with van der Waals surface area (Å²) in [4.78, 5) is 22.5. The lowest BCUT2D eigenvalue weighted by Crippen LogP contribution is -2.33. The van der Waals surface area contributed by atoms with Crippen molar-refractivity contribution in [2.45, 2.75) is 12.8 Å². The molecule has 0 heterocycles. The van der Waals surface area contributed by atoms with E-state index in [4.69, 9.17) is 11.5 Å². The van der Waals surface area contributed by atoms with Gasteiger partial charge in [0.15, 0.2) is 0 Å². The van der Waals surface area contributed by atoms with E-state index < -0.39 is 0 Å². The zero-order valence-corrected chi connectivity index (χ0v) is 7.74. The summed E-state index contributed by atoms with van der Waals surface area (Å²) in [6.07, 6.45) is 1.64. The van der Waals surface area contributed by atoms with Crippen LogP contribution in [0, 0.1) is 0 Å². The highest BCUT2D eigenvalue weighted by Crippen LogP contribution is 1.91. The summed E-state index contributed by atoms with van der Waals surface area (Å²) in [5.74, 6) is -0.326. The molecule has 0 saturated heterocycles. The van der Waals surface area contributed by atoms with Gasteiger partial charge in [-0.15, -0.1) is 0 Å². The van der Waals surface area contributed by atoms with E-state index in [-0.39, 0.29) is 5.91 Å².